The Hall–Kier alpha value is -2.26. The number of carbonyl (C=O) groups is 1. The van der Waals surface area contributed by atoms with E-state index in [0.717, 1.165) is 5.56 Å². The van der Waals surface area contributed by atoms with Gasteiger partial charge in [0, 0.05) is 6.42 Å². The molecule has 0 spiro atoms. The van der Waals surface area contributed by atoms with Gasteiger partial charge in [0.05, 0.1) is 4.90 Å². The fraction of sp³-hybridized carbons (Fsp3) is 0.250. The lowest BCUT2D eigenvalue weighted by Crippen LogP contribution is -2.18. The van der Waals surface area contributed by atoms with Gasteiger partial charge in [-0.3, -0.25) is 10.1 Å². The summed E-state index contributed by atoms with van der Waals surface area (Å²) in [5, 5.41) is 8.71. The molecular weight excluding hydrogens is 294 g/mol. The van der Waals surface area contributed by atoms with Crippen LogP contribution in [0.1, 0.15) is 12.0 Å². The Balaban J connectivity index is 1.90. The lowest BCUT2D eigenvalue weighted by Gasteiger charge is -2.05. The average Bonchev–Trinajstić information content (AvgIpc) is 2.98. The van der Waals surface area contributed by atoms with Crippen molar-refractivity contribution in [2.45, 2.75) is 17.7 Å². The van der Waals surface area contributed by atoms with Crippen molar-refractivity contribution in [1.29, 1.82) is 0 Å². The number of hydrogen-bond donors (Lipinski definition) is 3. The summed E-state index contributed by atoms with van der Waals surface area (Å²) in [5.74, 6) is 0.106. The van der Waals surface area contributed by atoms with E-state index in [-0.39, 0.29) is 17.2 Å². The molecule has 1 heterocycles. The second kappa shape index (κ2) is 6.46. The molecule has 1 aromatic carbocycles. The highest BCUT2D eigenvalue weighted by Gasteiger charge is 2.11. The van der Waals surface area contributed by atoms with E-state index in [2.05, 4.69) is 25.2 Å². The molecule has 0 fully saturated rings. The number of aromatic nitrogens is 3. The topological polar surface area (TPSA) is 117 Å². The van der Waals surface area contributed by atoms with Crippen molar-refractivity contribution in [2.75, 3.05) is 12.4 Å². The van der Waals surface area contributed by atoms with Crippen molar-refractivity contribution in [3.63, 3.8) is 0 Å². The predicted octanol–water partition coefficient (Wildman–Crippen LogP) is 0.284. The maximum absolute atomic E-state index is 11.7. The van der Waals surface area contributed by atoms with E-state index in [1.807, 2.05) is 0 Å². The molecule has 112 valence electrons. The number of aromatic amines is 1. The number of amides is 1. The third kappa shape index (κ3) is 4.10. The summed E-state index contributed by atoms with van der Waals surface area (Å²) in [4.78, 5) is 15.6. The summed E-state index contributed by atoms with van der Waals surface area (Å²) in [5.41, 5.74) is 0.873. The van der Waals surface area contributed by atoms with E-state index in [9.17, 15) is 13.2 Å². The van der Waals surface area contributed by atoms with Crippen LogP contribution in [0, 0.1) is 0 Å². The molecule has 0 aliphatic rings. The summed E-state index contributed by atoms with van der Waals surface area (Å²) in [6, 6.07) is 6.39. The number of benzene rings is 1. The van der Waals surface area contributed by atoms with Gasteiger partial charge in [-0.15, -0.1) is 0 Å². The third-order valence-electron chi connectivity index (χ3n) is 2.82. The summed E-state index contributed by atoms with van der Waals surface area (Å²) in [6.07, 6.45) is 2.06. The van der Waals surface area contributed by atoms with Crippen molar-refractivity contribution in [3.05, 3.63) is 36.2 Å². The largest absolute Gasteiger partial charge is 0.295 e. The molecule has 0 aliphatic carbocycles. The van der Waals surface area contributed by atoms with Gasteiger partial charge in [0.25, 0.3) is 0 Å². The molecule has 0 saturated carbocycles. The van der Waals surface area contributed by atoms with E-state index in [1.165, 1.54) is 25.5 Å². The van der Waals surface area contributed by atoms with E-state index in [4.69, 9.17) is 0 Å². The van der Waals surface area contributed by atoms with Crippen molar-refractivity contribution in [3.8, 4) is 0 Å². The molecule has 0 radical (unpaired) electrons. The highest BCUT2D eigenvalue weighted by molar-refractivity contribution is 7.89. The maximum Gasteiger partial charge on any atom is 0.240 e. The second-order valence-corrected chi connectivity index (χ2v) is 6.12. The molecule has 8 nitrogen and oxygen atoms in total. The van der Waals surface area contributed by atoms with Crippen LogP contribution < -0.4 is 10.0 Å². The summed E-state index contributed by atoms with van der Waals surface area (Å²) < 4.78 is 25.4. The van der Waals surface area contributed by atoms with Crippen LogP contribution >= 0.6 is 0 Å². The smallest absolute Gasteiger partial charge is 0.240 e. The minimum Gasteiger partial charge on any atom is -0.295 e. The molecule has 0 unspecified atom stereocenters. The maximum atomic E-state index is 11.7. The molecule has 9 heteroatoms. The lowest BCUT2D eigenvalue weighted by atomic mass is 10.1. The summed E-state index contributed by atoms with van der Waals surface area (Å²) in [6.45, 7) is 0. The average molecular weight is 309 g/mol. The highest BCUT2D eigenvalue weighted by Crippen LogP contribution is 2.11. The standard InChI is InChI=1S/C12H15N5O3S/c1-13-21(19,20)10-5-2-9(3-6-10)4-7-11(18)16-12-14-8-15-17-12/h2-3,5-6,8,13H,4,7H2,1H3,(H2,14,15,16,17,18). The Kier molecular flexibility index (Phi) is 4.66. The summed E-state index contributed by atoms with van der Waals surface area (Å²) in [7, 11) is -2.07. The number of carbonyl (C=O) groups excluding carboxylic acids is 1. The van der Waals surface area contributed by atoms with Gasteiger partial charge >= 0.3 is 0 Å². The molecule has 1 amide bonds. The first-order valence-electron chi connectivity index (χ1n) is 6.19. The third-order valence-corrected chi connectivity index (χ3v) is 4.25. The first-order valence-corrected chi connectivity index (χ1v) is 7.67. The zero-order chi connectivity index (χ0) is 15.3. The van der Waals surface area contributed by atoms with E-state index in [1.54, 1.807) is 12.1 Å². The number of nitrogens with one attached hydrogen (secondary N) is 3. The molecule has 0 saturated heterocycles. The van der Waals surface area contributed by atoms with Crippen LogP contribution in [0.25, 0.3) is 0 Å². The van der Waals surface area contributed by atoms with E-state index >= 15 is 0 Å². The molecule has 21 heavy (non-hydrogen) atoms. The Bertz CT molecular complexity index is 695. The first-order chi connectivity index (χ1) is 10.0. The normalized spacial score (nSPS) is 11.3. The Labute approximate surface area is 122 Å². The fourth-order valence-corrected chi connectivity index (χ4v) is 2.40. The zero-order valence-electron chi connectivity index (χ0n) is 11.3. The molecule has 2 aromatic rings. The number of sulfonamides is 1. The second-order valence-electron chi connectivity index (χ2n) is 4.23. The molecule has 1 aromatic heterocycles. The number of H-pyrrole nitrogens is 1. The monoisotopic (exact) mass is 309 g/mol. The number of hydrogen-bond acceptors (Lipinski definition) is 5. The van der Waals surface area contributed by atoms with Gasteiger partial charge in [-0.1, -0.05) is 12.1 Å². The molecule has 2 rings (SSSR count). The molecular formula is C12H15N5O3S. The zero-order valence-corrected chi connectivity index (χ0v) is 12.1. The molecule has 3 N–H and O–H groups in total. The highest BCUT2D eigenvalue weighted by atomic mass is 32.2. The number of anilines is 1. The minimum absolute atomic E-state index is 0.194. The fourth-order valence-electron chi connectivity index (χ4n) is 1.67. The van der Waals surface area contributed by atoms with Crippen LogP contribution in [-0.2, 0) is 21.2 Å². The Morgan fingerprint density at radius 2 is 2.00 bits per heavy atom. The number of nitrogens with zero attached hydrogens (tertiary/aromatic N) is 2. The van der Waals surface area contributed by atoms with Gasteiger partial charge < -0.3 is 0 Å². The predicted molar refractivity (Wildman–Crippen MR) is 76.0 cm³/mol. The van der Waals surface area contributed by atoms with Crippen molar-refractivity contribution in [2.24, 2.45) is 0 Å². The number of rotatable bonds is 6. The first kappa shape index (κ1) is 15.1. The van der Waals surface area contributed by atoms with Crippen LogP contribution in [0.2, 0.25) is 0 Å². The van der Waals surface area contributed by atoms with Crippen LogP contribution in [0.4, 0.5) is 5.95 Å². The molecule has 0 bridgehead atoms. The van der Waals surface area contributed by atoms with Crippen LogP contribution in [0.5, 0.6) is 0 Å². The Morgan fingerprint density at radius 1 is 1.29 bits per heavy atom. The van der Waals surface area contributed by atoms with Crippen molar-refractivity contribution >= 4 is 21.9 Å². The van der Waals surface area contributed by atoms with Gasteiger partial charge in [0.2, 0.25) is 21.9 Å². The Morgan fingerprint density at radius 3 is 2.57 bits per heavy atom. The van der Waals surface area contributed by atoms with E-state index < -0.39 is 10.0 Å². The lowest BCUT2D eigenvalue weighted by molar-refractivity contribution is -0.116. The van der Waals surface area contributed by atoms with Gasteiger partial charge in [-0.05, 0) is 31.2 Å². The summed E-state index contributed by atoms with van der Waals surface area (Å²) >= 11 is 0. The molecule has 0 aliphatic heterocycles. The SMILES string of the molecule is CNS(=O)(=O)c1ccc(CCC(=O)Nc2ncn[nH]2)cc1. The molecule has 0 atom stereocenters. The quantitative estimate of drug-likeness (QED) is 0.709. The van der Waals surface area contributed by atoms with E-state index in [0.29, 0.717) is 12.4 Å². The van der Waals surface area contributed by atoms with Gasteiger partial charge in [0.1, 0.15) is 6.33 Å². The minimum atomic E-state index is -3.43. The number of aryl methyl sites for hydroxylation is 1. The van der Waals surface area contributed by atoms with Crippen molar-refractivity contribution < 1.29 is 13.2 Å². The van der Waals surface area contributed by atoms with Crippen LogP contribution in [0.15, 0.2) is 35.5 Å². The van der Waals surface area contributed by atoms with Gasteiger partial charge in [-0.25, -0.2) is 18.2 Å². The van der Waals surface area contributed by atoms with Gasteiger partial charge in [0.15, 0.2) is 0 Å². The van der Waals surface area contributed by atoms with Crippen LogP contribution in [-0.4, -0.2) is 36.6 Å². The van der Waals surface area contributed by atoms with Gasteiger partial charge in [-0.2, -0.15) is 10.1 Å². The van der Waals surface area contributed by atoms with Crippen molar-refractivity contribution in [1.82, 2.24) is 19.9 Å². The van der Waals surface area contributed by atoms with Crippen LogP contribution in [0.3, 0.4) is 0 Å².